The molecule has 30 heavy (non-hydrogen) atoms. The van der Waals surface area contributed by atoms with Crippen LogP contribution in [0.4, 0.5) is 4.79 Å². The zero-order valence-corrected chi connectivity index (χ0v) is 17.4. The molecule has 0 aliphatic carbocycles. The number of carbonyl (C=O) groups excluding carboxylic acids is 1. The van der Waals surface area contributed by atoms with Gasteiger partial charge in [0.15, 0.2) is 6.61 Å². The molecule has 0 saturated carbocycles. The number of hydrogen-bond donors (Lipinski definition) is 1. The van der Waals surface area contributed by atoms with Crippen LogP contribution in [0.5, 0.6) is 5.75 Å². The summed E-state index contributed by atoms with van der Waals surface area (Å²) < 4.78 is 38.0. The molecule has 158 valence electrons. The summed E-state index contributed by atoms with van der Waals surface area (Å²) in [5.74, 6) is 0.196. The number of benzene rings is 1. The summed E-state index contributed by atoms with van der Waals surface area (Å²) in [5.41, 5.74) is 6.39. The molecule has 0 fully saturated rings. The van der Waals surface area contributed by atoms with Crippen molar-refractivity contribution in [2.75, 3.05) is 0 Å². The number of aromatic nitrogens is 3. The van der Waals surface area contributed by atoms with Crippen molar-refractivity contribution in [1.82, 2.24) is 14.5 Å². The van der Waals surface area contributed by atoms with Crippen molar-refractivity contribution < 1.29 is 22.1 Å². The second kappa shape index (κ2) is 8.95. The molecular formula is C20H22N4O5S. The minimum absolute atomic E-state index is 0.172. The van der Waals surface area contributed by atoms with E-state index in [9.17, 15) is 13.2 Å². The Labute approximate surface area is 174 Å². The van der Waals surface area contributed by atoms with Crippen LogP contribution < -0.4 is 9.92 Å². The summed E-state index contributed by atoms with van der Waals surface area (Å²) in [6.07, 6.45) is 2.29. The highest BCUT2D eigenvalue weighted by Crippen LogP contribution is 2.29. The Morgan fingerprint density at radius 1 is 1.13 bits per heavy atom. The van der Waals surface area contributed by atoms with Crippen LogP contribution in [0.3, 0.4) is 0 Å². The fourth-order valence-electron chi connectivity index (χ4n) is 2.97. The average Bonchev–Trinajstić information content (AvgIpc) is 3.07. The molecule has 0 unspecified atom stereocenters. The molecule has 0 aliphatic heterocycles. The quantitative estimate of drug-likeness (QED) is 0.544. The van der Waals surface area contributed by atoms with Crippen LogP contribution in [0, 0.1) is 0 Å². The number of hydrogen-bond acceptors (Lipinski definition) is 7. The van der Waals surface area contributed by atoms with Gasteiger partial charge in [0.2, 0.25) is 5.03 Å². The summed E-state index contributed by atoms with van der Waals surface area (Å²) in [4.78, 5) is 19.4. The van der Waals surface area contributed by atoms with Gasteiger partial charge >= 0.3 is 16.2 Å². The molecule has 0 atom stereocenters. The van der Waals surface area contributed by atoms with Gasteiger partial charge < -0.3 is 19.2 Å². The molecule has 9 nitrogen and oxygen atoms in total. The lowest BCUT2D eigenvalue weighted by atomic mass is 10.1. The first kappa shape index (κ1) is 21.3. The van der Waals surface area contributed by atoms with Crippen molar-refractivity contribution in [3.63, 3.8) is 0 Å². The summed E-state index contributed by atoms with van der Waals surface area (Å²) in [5, 5.41) is -0.224. The van der Waals surface area contributed by atoms with E-state index in [4.69, 9.17) is 14.7 Å². The largest absolute Gasteiger partial charge is 0.442 e. The first-order valence-corrected chi connectivity index (χ1v) is 10.6. The van der Waals surface area contributed by atoms with E-state index in [1.165, 1.54) is 12.1 Å². The predicted octanol–water partition coefficient (Wildman–Crippen LogP) is 2.81. The molecule has 0 bridgehead atoms. The summed E-state index contributed by atoms with van der Waals surface area (Å²) in [6.45, 7) is 3.73. The lowest BCUT2D eigenvalue weighted by Crippen LogP contribution is -2.17. The Hall–Kier alpha value is -3.40. The van der Waals surface area contributed by atoms with E-state index in [1.807, 2.05) is 13.8 Å². The number of primary amides is 1. The zero-order chi connectivity index (χ0) is 21.7. The molecule has 1 aromatic carbocycles. The highest BCUT2D eigenvalue weighted by Gasteiger charge is 2.31. The number of nitrogens with two attached hydrogens (primary N) is 1. The highest BCUT2D eigenvalue weighted by molar-refractivity contribution is 7.87. The Morgan fingerprint density at radius 2 is 1.80 bits per heavy atom. The maximum absolute atomic E-state index is 13.0. The molecular weight excluding hydrogens is 408 g/mol. The molecule has 2 aromatic heterocycles. The van der Waals surface area contributed by atoms with Gasteiger partial charge in [0.25, 0.3) is 0 Å². The average molecular weight is 430 g/mol. The van der Waals surface area contributed by atoms with Gasteiger partial charge in [-0.15, -0.1) is 0 Å². The van der Waals surface area contributed by atoms with E-state index in [0.29, 0.717) is 12.2 Å². The number of amides is 1. The fraction of sp³-hybridized carbons (Fsp3) is 0.250. The predicted molar refractivity (Wildman–Crippen MR) is 108 cm³/mol. The van der Waals surface area contributed by atoms with E-state index in [1.54, 1.807) is 47.3 Å². The zero-order valence-electron chi connectivity index (χ0n) is 16.6. The van der Waals surface area contributed by atoms with Gasteiger partial charge in [-0.25, -0.2) is 9.78 Å². The van der Waals surface area contributed by atoms with Crippen LogP contribution in [-0.4, -0.2) is 29.0 Å². The molecule has 2 N–H and O–H groups in total. The fourth-order valence-corrected chi connectivity index (χ4v) is 4.23. The molecule has 10 heteroatoms. The van der Waals surface area contributed by atoms with Gasteiger partial charge in [-0.3, -0.25) is 4.98 Å². The lowest BCUT2D eigenvalue weighted by molar-refractivity contribution is 0.146. The Balaban J connectivity index is 2.09. The van der Waals surface area contributed by atoms with Crippen molar-refractivity contribution in [2.45, 2.75) is 37.9 Å². The van der Waals surface area contributed by atoms with Crippen molar-refractivity contribution in [1.29, 1.82) is 0 Å². The molecule has 3 aromatic rings. The first-order chi connectivity index (χ1) is 14.3. The molecule has 3 rings (SSSR count). The van der Waals surface area contributed by atoms with Gasteiger partial charge in [0.1, 0.15) is 11.6 Å². The van der Waals surface area contributed by atoms with E-state index in [-0.39, 0.29) is 29.1 Å². The molecule has 0 spiro atoms. The second-order valence-corrected chi connectivity index (χ2v) is 8.23. The smallest absolute Gasteiger partial charge is 0.404 e. The molecule has 0 radical (unpaired) electrons. The number of pyridine rings is 1. The summed E-state index contributed by atoms with van der Waals surface area (Å²) in [6, 6.07) is 11.8. The third-order valence-electron chi connectivity index (χ3n) is 4.22. The van der Waals surface area contributed by atoms with Crippen LogP contribution in [0.2, 0.25) is 0 Å². The normalized spacial score (nSPS) is 11.4. The van der Waals surface area contributed by atoms with Gasteiger partial charge in [-0.2, -0.15) is 8.42 Å². The van der Waals surface area contributed by atoms with E-state index in [0.717, 1.165) is 5.56 Å². The summed E-state index contributed by atoms with van der Waals surface area (Å²) in [7, 11) is -4.24. The lowest BCUT2D eigenvalue weighted by Gasteiger charge is -2.15. The topological polar surface area (TPSA) is 126 Å². The van der Waals surface area contributed by atoms with Crippen molar-refractivity contribution in [3.05, 3.63) is 71.9 Å². The van der Waals surface area contributed by atoms with Crippen molar-refractivity contribution in [2.24, 2.45) is 5.73 Å². The molecule has 1 amide bonds. The maximum atomic E-state index is 13.0. The molecule has 0 aliphatic rings. The number of nitrogens with zero attached hydrogens (tertiary/aromatic N) is 3. The highest BCUT2D eigenvalue weighted by atomic mass is 32.2. The maximum Gasteiger partial charge on any atom is 0.404 e. The third kappa shape index (κ3) is 4.95. The molecule has 2 heterocycles. The minimum Gasteiger partial charge on any atom is -0.442 e. The van der Waals surface area contributed by atoms with Crippen LogP contribution in [0.25, 0.3) is 0 Å². The van der Waals surface area contributed by atoms with Gasteiger partial charge in [-0.1, -0.05) is 32.0 Å². The minimum atomic E-state index is -4.24. The monoisotopic (exact) mass is 430 g/mol. The van der Waals surface area contributed by atoms with E-state index >= 15 is 0 Å². The van der Waals surface area contributed by atoms with Crippen LogP contribution in [-0.2, 0) is 28.0 Å². The third-order valence-corrected chi connectivity index (χ3v) is 5.40. The van der Waals surface area contributed by atoms with Crippen molar-refractivity contribution in [3.8, 4) is 5.75 Å². The number of imidazole rings is 1. The Bertz CT molecular complexity index is 1110. The van der Waals surface area contributed by atoms with Crippen LogP contribution in [0.1, 0.15) is 36.8 Å². The van der Waals surface area contributed by atoms with E-state index in [2.05, 4.69) is 9.97 Å². The Morgan fingerprint density at radius 3 is 2.40 bits per heavy atom. The van der Waals surface area contributed by atoms with Gasteiger partial charge in [-0.05, 0) is 35.7 Å². The number of rotatable bonds is 8. The van der Waals surface area contributed by atoms with E-state index < -0.39 is 16.2 Å². The van der Waals surface area contributed by atoms with Crippen LogP contribution >= 0.6 is 0 Å². The SMILES string of the molecule is CC(C)c1c(S(=O)(=O)Oc2ccccc2)nc(COC(N)=O)n1Cc1ccncc1. The second-order valence-electron chi connectivity index (χ2n) is 6.77. The standard InChI is InChI=1S/C20H22N4O5S/c1-14(2)18-19(30(26,27)29-16-6-4-3-5-7-16)23-17(13-28-20(21)25)24(18)12-15-8-10-22-11-9-15/h3-11,14H,12-13H2,1-2H3,(H2,21,25). The first-order valence-electron chi connectivity index (χ1n) is 9.18. The molecule has 0 saturated heterocycles. The van der Waals surface area contributed by atoms with Crippen molar-refractivity contribution >= 4 is 16.2 Å². The van der Waals surface area contributed by atoms with Gasteiger partial charge in [0, 0.05) is 18.9 Å². The Kier molecular flexibility index (Phi) is 6.36. The summed E-state index contributed by atoms with van der Waals surface area (Å²) >= 11 is 0. The van der Waals surface area contributed by atoms with Gasteiger partial charge in [0.05, 0.1) is 5.69 Å². The number of ether oxygens (including phenoxy) is 1. The number of carbonyl (C=O) groups is 1. The van der Waals surface area contributed by atoms with Crippen LogP contribution in [0.15, 0.2) is 59.9 Å². The number of para-hydroxylation sites is 1.